The number of halogens is 1. The van der Waals surface area contributed by atoms with Crippen molar-refractivity contribution in [3.63, 3.8) is 0 Å². The van der Waals surface area contributed by atoms with E-state index in [0.717, 1.165) is 24.3 Å². The van der Waals surface area contributed by atoms with Crippen LogP contribution in [-0.4, -0.2) is 35.5 Å². The predicted octanol–water partition coefficient (Wildman–Crippen LogP) is 1.84. The lowest BCUT2D eigenvalue weighted by Gasteiger charge is -2.10. The van der Waals surface area contributed by atoms with Crippen LogP contribution in [-0.2, 0) is 24.7 Å². The summed E-state index contributed by atoms with van der Waals surface area (Å²) in [5.74, 6) is -1.60. The Hall–Kier alpha value is -2.30. The lowest BCUT2D eigenvalue weighted by molar-refractivity contribution is -0.115. The van der Waals surface area contributed by atoms with E-state index >= 15 is 0 Å². The number of benzene rings is 2. The fourth-order valence-corrected chi connectivity index (χ4v) is 4.52. The number of sulfonamides is 1. The van der Waals surface area contributed by atoms with Crippen molar-refractivity contribution < 1.29 is 26.0 Å². The molecule has 0 heterocycles. The maximum Gasteiger partial charge on any atom is 0.240 e. The van der Waals surface area contributed by atoms with E-state index in [2.05, 4.69) is 10.0 Å². The SMILES string of the molecule is CNS(=O)(=O)c1cc(NC(=O)CCS(=O)(=O)c2ccc(F)cc2)ccc1C. The number of anilines is 1. The second-order valence-corrected chi connectivity index (χ2v) is 9.72. The molecule has 2 aromatic rings. The van der Waals surface area contributed by atoms with Gasteiger partial charge in [0.1, 0.15) is 5.82 Å². The zero-order valence-electron chi connectivity index (χ0n) is 14.7. The van der Waals surface area contributed by atoms with Gasteiger partial charge in [-0.2, -0.15) is 0 Å². The van der Waals surface area contributed by atoms with Gasteiger partial charge in [-0.1, -0.05) is 6.07 Å². The highest BCUT2D eigenvalue weighted by molar-refractivity contribution is 7.91. The van der Waals surface area contributed by atoms with Crippen LogP contribution in [0.2, 0.25) is 0 Å². The Balaban J connectivity index is 2.08. The molecule has 1 amide bonds. The molecule has 0 fully saturated rings. The number of sulfone groups is 1. The van der Waals surface area contributed by atoms with Crippen LogP contribution in [0.25, 0.3) is 0 Å². The maximum absolute atomic E-state index is 12.9. The Bertz CT molecular complexity index is 1050. The monoisotopic (exact) mass is 414 g/mol. The van der Waals surface area contributed by atoms with Crippen molar-refractivity contribution in [1.29, 1.82) is 0 Å². The minimum Gasteiger partial charge on any atom is -0.326 e. The van der Waals surface area contributed by atoms with E-state index in [1.54, 1.807) is 6.92 Å². The van der Waals surface area contributed by atoms with Gasteiger partial charge in [0.05, 0.1) is 15.5 Å². The van der Waals surface area contributed by atoms with E-state index in [9.17, 15) is 26.0 Å². The van der Waals surface area contributed by atoms with Crippen molar-refractivity contribution in [2.45, 2.75) is 23.1 Å². The van der Waals surface area contributed by atoms with Crippen LogP contribution in [0.15, 0.2) is 52.3 Å². The molecule has 146 valence electrons. The Morgan fingerprint density at radius 3 is 2.26 bits per heavy atom. The Morgan fingerprint density at radius 1 is 1.04 bits per heavy atom. The van der Waals surface area contributed by atoms with E-state index in [1.165, 1.54) is 25.2 Å². The molecule has 0 aliphatic heterocycles. The molecule has 0 saturated heterocycles. The Kier molecular flexibility index (Phi) is 6.34. The molecule has 0 aliphatic rings. The standard InChI is InChI=1S/C17H19FN2O5S2/c1-12-3-6-14(11-16(12)27(24,25)19-2)20-17(21)9-10-26(22,23)15-7-4-13(18)5-8-15/h3-8,11,19H,9-10H2,1-2H3,(H,20,21). The van der Waals surface area contributed by atoms with Gasteiger partial charge in [0.15, 0.2) is 9.84 Å². The maximum atomic E-state index is 12.9. The van der Waals surface area contributed by atoms with Crippen LogP contribution in [0.1, 0.15) is 12.0 Å². The molecule has 0 saturated carbocycles. The van der Waals surface area contributed by atoms with E-state index in [1.807, 2.05) is 0 Å². The van der Waals surface area contributed by atoms with Crippen molar-refractivity contribution in [2.24, 2.45) is 0 Å². The molecule has 2 N–H and O–H groups in total. The molecule has 0 aromatic heterocycles. The molecule has 0 spiro atoms. The largest absolute Gasteiger partial charge is 0.326 e. The molecule has 0 atom stereocenters. The first kappa shape index (κ1) is 21.0. The van der Waals surface area contributed by atoms with Crippen molar-refractivity contribution in [1.82, 2.24) is 4.72 Å². The van der Waals surface area contributed by atoms with Gasteiger partial charge in [-0.25, -0.2) is 25.9 Å². The fourth-order valence-electron chi connectivity index (χ4n) is 2.29. The quantitative estimate of drug-likeness (QED) is 0.672. The number of amides is 1. The topological polar surface area (TPSA) is 109 Å². The van der Waals surface area contributed by atoms with Gasteiger partial charge in [0, 0.05) is 12.1 Å². The molecule has 0 aliphatic carbocycles. The second-order valence-electron chi connectivity index (χ2n) is 5.76. The van der Waals surface area contributed by atoms with Crippen LogP contribution < -0.4 is 10.0 Å². The number of carbonyl (C=O) groups excluding carboxylic acids is 1. The molecular formula is C17H19FN2O5S2. The number of carbonyl (C=O) groups is 1. The molecule has 0 bridgehead atoms. The minimum atomic E-state index is -3.74. The van der Waals surface area contributed by atoms with E-state index in [0.29, 0.717) is 5.56 Å². The molecule has 10 heteroatoms. The number of hydrogen-bond donors (Lipinski definition) is 2. The van der Waals surface area contributed by atoms with Crippen LogP contribution in [0.5, 0.6) is 0 Å². The highest BCUT2D eigenvalue weighted by Crippen LogP contribution is 2.20. The summed E-state index contributed by atoms with van der Waals surface area (Å²) in [6, 6.07) is 8.69. The van der Waals surface area contributed by atoms with Crippen molar-refractivity contribution in [2.75, 3.05) is 18.1 Å². The van der Waals surface area contributed by atoms with Gasteiger partial charge in [-0.05, 0) is 55.9 Å². The summed E-state index contributed by atoms with van der Waals surface area (Å²) in [6.45, 7) is 1.62. The van der Waals surface area contributed by atoms with Gasteiger partial charge in [0.2, 0.25) is 15.9 Å². The first-order valence-corrected chi connectivity index (χ1v) is 11.0. The zero-order valence-corrected chi connectivity index (χ0v) is 16.3. The van der Waals surface area contributed by atoms with Crippen LogP contribution >= 0.6 is 0 Å². The van der Waals surface area contributed by atoms with Gasteiger partial charge < -0.3 is 5.32 Å². The highest BCUT2D eigenvalue weighted by atomic mass is 32.2. The van der Waals surface area contributed by atoms with Gasteiger partial charge in [-0.15, -0.1) is 0 Å². The summed E-state index contributed by atoms with van der Waals surface area (Å²) in [6.07, 6.45) is -0.332. The van der Waals surface area contributed by atoms with E-state index in [-0.39, 0.29) is 21.9 Å². The lowest BCUT2D eigenvalue weighted by atomic mass is 10.2. The summed E-state index contributed by atoms with van der Waals surface area (Å²) in [4.78, 5) is 12.0. The average Bonchev–Trinajstić information content (AvgIpc) is 2.62. The van der Waals surface area contributed by atoms with Crippen LogP contribution in [0.4, 0.5) is 10.1 Å². The minimum absolute atomic E-state index is 0.0155. The summed E-state index contributed by atoms with van der Waals surface area (Å²) in [5.41, 5.74) is 0.736. The second kappa shape index (κ2) is 8.15. The number of rotatable bonds is 7. The molecule has 0 radical (unpaired) electrons. The fraction of sp³-hybridized carbons (Fsp3) is 0.235. The number of hydrogen-bond acceptors (Lipinski definition) is 5. The summed E-state index contributed by atoms with van der Waals surface area (Å²) < 4.78 is 63.4. The Labute approximate surface area is 157 Å². The predicted molar refractivity (Wildman–Crippen MR) is 99.1 cm³/mol. The van der Waals surface area contributed by atoms with Gasteiger partial charge in [-0.3, -0.25) is 4.79 Å². The summed E-state index contributed by atoms with van der Waals surface area (Å²) in [5, 5.41) is 2.48. The first-order chi connectivity index (χ1) is 12.5. The van der Waals surface area contributed by atoms with Gasteiger partial charge in [0.25, 0.3) is 0 Å². The smallest absolute Gasteiger partial charge is 0.240 e. The molecule has 2 rings (SSSR count). The molecular weight excluding hydrogens is 395 g/mol. The van der Waals surface area contributed by atoms with Crippen LogP contribution in [0.3, 0.4) is 0 Å². The third-order valence-corrected chi connectivity index (χ3v) is 7.09. The third-order valence-electron chi connectivity index (χ3n) is 3.80. The summed E-state index contributed by atoms with van der Waals surface area (Å²) in [7, 11) is -6.15. The first-order valence-electron chi connectivity index (χ1n) is 7.87. The third kappa shape index (κ3) is 5.34. The average molecular weight is 414 g/mol. The number of aryl methyl sites for hydroxylation is 1. The van der Waals surface area contributed by atoms with Crippen molar-refractivity contribution in [3.8, 4) is 0 Å². The Morgan fingerprint density at radius 2 is 1.67 bits per heavy atom. The molecule has 2 aromatic carbocycles. The highest BCUT2D eigenvalue weighted by Gasteiger charge is 2.18. The van der Waals surface area contributed by atoms with Gasteiger partial charge >= 0.3 is 0 Å². The van der Waals surface area contributed by atoms with Crippen molar-refractivity contribution in [3.05, 3.63) is 53.8 Å². The zero-order chi connectivity index (χ0) is 20.2. The van der Waals surface area contributed by atoms with E-state index in [4.69, 9.17) is 0 Å². The lowest BCUT2D eigenvalue weighted by Crippen LogP contribution is -2.21. The molecule has 27 heavy (non-hydrogen) atoms. The molecule has 7 nitrogen and oxygen atoms in total. The molecule has 0 unspecified atom stereocenters. The van der Waals surface area contributed by atoms with Crippen molar-refractivity contribution >= 4 is 31.5 Å². The normalized spacial score (nSPS) is 12.0. The number of nitrogens with one attached hydrogen (secondary N) is 2. The summed E-state index contributed by atoms with van der Waals surface area (Å²) >= 11 is 0. The van der Waals surface area contributed by atoms with Crippen LogP contribution in [0, 0.1) is 12.7 Å². The van der Waals surface area contributed by atoms with E-state index < -0.39 is 37.3 Å².